The Morgan fingerprint density at radius 1 is 1.25 bits per heavy atom. The average molecular weight is 299 g/mol. The van der Waals surface area contributed by atoms with Crippen molar-refractivity contribution in [2.24, 2.45) is 0 Å². The van der Waals surface area contributed by atoms with Crippen LogP contribution in [0.25, 0.3) is 0 Å². The van der Waals surface area contributed by atoms with Crippen molar-refractivity contribution in [1.29, 1.82) is 0 Å². The standard InChI is InChI=1S/C10H7BrN2O2S/c11-7-3-1-6(2-4-7)5-13-9(15)8(14)12-10(13)16/h1-4H,5H2,(H,12,14,16). The third-order valence-electron chi connectivity index (χ3n) is 2.16. The van der Waals surface area contributed by atoms with Gasteiger partial charge >= 0.3 is 11.8 Å². The van der Waals surface area contributed by atoms with Crippen LogP contribution in [-0.2, 0) is 16.1 Å². The first-order valence-corrected chi connectivity index (χ1v) is 5.69. The van der Waals surface area contributed by atoms with Gasteiger partial charge in [0.25, 0.3) is 0 Å². The molecule has 0 unspecified atom stereocenters. The number of amides is 2. The van der Waals surface area contributed by atoms with Crippen LogP contribution in [0.15, 0.2) is 28.7 Å². The molecule has 0 radical (unpaired) electrons. The van der Waals surface area contributed by atoms with Crippen LogP contribution in [0.1, 0.15) is 5.56 Å². The summed E-state index contributed by atoms with van der Waals surface area (Å²) in [5.74, 6) is -1.27. The molecule has 0 spiro atoms. The summed E-state index contributed by atoms with van der Waals surface area (Å²) in [7, 11) is 0. The molecule has 82 valence electrons. The third-order valence-corrected chi connectivity index (χ3v) is 3.01. The number of benzene rings is 1. The Balaban J connectivity index is 2.16. The van der Waals surface area contributed by atoms with Crippen LogP contribution in [0.4, 0.5) is 0 Å². The van der Waals surface area contributed by atoms with Crippen molar-refractivity contribution in [3.63, 3.8) is 0 Å². The number of hydrogen-bond acceptors (Lipinski definition) is 3. The van der Waals surface area contributed by atoms with E-state index in [2.05, 4.69) is 21.2 Å². The van der Waals surface area contributed by atoms with E-state index < -0.39 is 11.8 Å². The number of nitrogens with zero attached hydrogens (tertiary/aromatic N) is 1. The fourth-order valence-corrected chi connectivity index (χ4v) is 1.85. The summed E-state index contributed by atoms with van der Waals surface area (Å²) in [5, 5.41) is 2.47. The van der Waals surface area contributed by atoms with Gasteiger partial charge in [-0.25, -0.2) is 0 Å². The number of rotatable bonds is 2. The number of hydrogen-bond donors (Lipinski definition) is 1. The highest BCUT2D eigenvalue weighted by Crippen LogP contribution is 2.13. The van der Waals surface area contributed by atoms with Gasteiger partial charge in [0.2, 0.25) is 0 Å². The van der Waals surface area contributed by atoms with Crippen LogP contribution in [0.3, 0.4) is 0 Å². The van der Waals surface area contributed by atoms with Crippen molar-refractivity contribution < 1.29 is 9.59 Å². The normalized spacial score (nSPS) is 15.6. The summed E-state index contributed by atoms with van der Waals surface area (Å²) >= 11 is 8.20. The molecule has 0 saturated carbocycles. The second-order valence-corrected chi connectivity index (χ2v) is 4.58. The number of halogens is 1. The maximum atomic E-state index is 11.4. The van der Waals surface area contributed by atoms with E-state index in [1.807, 2.05) is 24.3 Å². The third kappa shape index (κ3) is 2.12. The van der Waals surface area contributed by atoms with E-state index in [1.165, 1.54) is 4.90 Å². The summed E-state index contributed by atoms with van der Waals surface area (Å²) < 4.78 is 0.959. The van der Waals surface area contributed by atoms with Crippen molar-refractivity contribution in [3.8, 4) is 0 Å². The van der Waals surface area contributed by atoms with Gasteiger partial charge in [0.1, 0.15) is 0 Å². The van der Waals surface area contributed by atoms with E-state index in [-0.39, 0.29) is 5.11 Å². The molecule has 1 saturated heterocycles. The lowest BCUT2D eigenvalue weighted by Gasteiger charge is -2.13. The molecule has 1 aromatic rings. The maximum absolute atomic E-state index is 11.4. The molecule has 6 heteroatoms. The van der Waals surface area contributed by atoms with Gasteiger partial charge in [0.15, 0.2) is 5.11 Å². The average Bonchev–Trinajstić information content (AvgIpc) is 2.48. The first-order chi connectivity index (χ1) is 7.58. The van der Waals surface area contributed by atoms with Crippen LogP contribution in [-0.4, -0.2) is 21.8 Å². The van der Waals surface area contributed by atoms with E-state index in [0.29, 0.717) is 6.54 Å². The fraction of sp³-hybridized carbons (Fsp3) is 0.100. The molecule has 2 amide bonds. The zero-order valence-corrected chi connectivity index (χ0v) is 10.5. The first-order valence-electron chi connectivity index (χ1n) is 4.49. The molecule has 16 heavy (non-hydrogen) atoms. The van der Waals surface area contributed by atoms with Crippen molar-refractivity contribution in [1.82, 2.24) is 10.2 Å². The van der Waals surface area contributed by atoms with Crippen LogP contribution in [0.5, 0.6) is 0 Å². The highest BCUT2D eigenvalue weighted by molar-refractivity contribution is 9.10. The van der Waals surface area contributed by atoms with E-state index in [4.69, 9.17) is 12.2 Å². The van der Waals surface area contributed by atoms with Crippen molar-refractivity contribution in [3.05, 3.63) is 34.3 Å². The van der Waals surface area contributed by atoms with Crippen LogP contribution >= 0.6 is 28.1 Å². The zero-order valence-electron chi connectivity index (χ0n) is 8.07. The number of carbonyl (C=O) groups excluding carboxylic acids is 2. The summed E-state index contributed by atoms with van der Waals surface area (Å²) in [4.78, 5) is 23.7. The highest BCUT2D eigenvalue weighted by Gasteiger charge is 2.33. The Kier molecular flexibility index (Phi) is 3.02. The molecule has 1 aromatic carbocycles. The van der Waals surface area contributed by atoms with Gasteiger partial charge in [-0.05, 0) is 29.9 Å². The second kappa shape index (κ2) is 4.31. The second-order valence-electron chi connectivity index (χ2n) is 3.28. The Morgan fingerprint density at radius 2 is 1.88 bits per heavy atom. The number of carbonyl (C=O) groups is 2. The van der Waals surface area contributed by atoms with Gasteiger partial charge in [-0.2, -0.15) is 0 Å². The summed E-state index contributed by atoms with van der Waals surface area (Å²) in [6, 6.07) is 7.47. The molecule has 1 heterocycles. The predicted molar refractivity (Wildman–Crippen MR) is 65.4 cm³/mol. The van der Waals surface area contributed by atoms with E-state index in [9.17, 15) is 9.59 Å². The van der Waals surface area contributed by atoms with Gasteiger partial charge in [0.05, 0.1) is 6.54 Å². The molecule has 1 aliphatic rings. The minimum atomic E-state index is -0.665. The molecular formula is C10H7BrN2O2S. The molecule has 0 atom stereocenters. The maximum Gasteiger partial charge on any atom is 0.318 e. The van der Waals surface area contributed by atoms with Gasteiger partial charge in [-0.3, -0.25) is 19.8 Å². The largest absolute Gasteiger partial charge is 0.318 e. The fourth-order valence-electron chi connectivity index (χ4n) is 1.35. The van der Waals surface area contributed by atoms with E-state index in [0.717, 1.165) is 10.0 Å². The summed E-state index contributed by atoms with van der Waals surface area (Å²) in [6.45, 7) is 0.309. The van der Waals surface area contributed by atoms with Crippen molar-refractivity contribution in [2.75, 3.05) is 0 Å². The lowest BCUT2D eigenvalue weighted by atomic mass is 10.2. The molecular weight excluding hydrogens is 292 g/mol. The topological polar surface area (TPSA) is 49.4 Å². The van der Waals surface area contributed by atoms with E-state index in [1.54, 1.807) is 0 Å². The van der Waals surface area contributed by atoms with Gasteiger partial charge in [-0.15, -0.1) is 0 Å². The van der Waals surface area contributed by atoms with Crippen molar-refractivity contribution >= 4 is 45.1 Å². The Hall–Kier alpha value is -1.27. The van der Waals surface area contributed by atoms with Crippen LogP contribution < -0.4 is 5.32 Å². The molecule has 2 rings (SSSR count). The van der Waals surface area contributed by atoms with Crippen molar-refractivity contribution in [2.45, 2.75) is 6.54 Å². The Bertz CT molecular complexity index is 472. The van der Waals surface area contributed by atoms with Crippen LogP contribution in [0, 0.1) is 0 Å². The predicted octanol–water partition coefficient (Wildman–Crippen LogP) is 1.19. The lowest BCUT2D eigenvalue weighted by molar-refractivity contribution is -0.140. The minimum absolute atomic E-state index is 0.165. The van der Waals surface area contributed by atoms with Crippen LogP contribution in [0.2, 0.25) is 0 Å². The SMILES string of the molecule is O=C1NC(=S)N(Cc2ccc(Br)cc2)C1=O. The Morgan fingerprint density at radius 3 is 2.38 bits per heavy atom. The molecule has 0 aromatic heterocycles. The molecule has 4 nitrogen and oxygen atoms in total. The smallest absolute Gasteiger partial charge is 0.294 e. The summed E-state index contributed by atoms with van der Waals surface area (Å²) in [5.41, 5.74) is 0.912. The van der Waals surface area contributed by atoms with E-state index >= 15 is 0 Å². The first kappa shape index (κ1) is 11.2. The molecule has 1 fully saturated rings. The highest BCUT2D eigenvalue weighted by atomic mass is 79.9. The monoisotopic (exact) mass is 298 g/mol. The van der Waals surface area contributed by atoms with Gasteiger partial charge < -0.3 is 0 Å². The van der Waals surface area contributed by atoms with Gasteiger partial charge in [-0.1, -0.05) is 28.1 Å². The molecule has 1 aliphatic heterocycles. The zero-order chi connectivity index (χ0) is 11.7. The molecule has 0 aliphatic carbocycles. The quantitative estimate of drug-likeness (QED) is 0.659. The summed E-state index contributed by atoms with van der Waals surface area (Å²) in [6.07, 6.45) is 0. The number of thiocarbonyl (C=S) groups is 1. The minimum Gasteiger partial charge on any atom is -0.294 e. The van der Waals surface area contributed by atoms with Gasteiger partial charge in [0, 0.05) is 4.47 Å². The Labute approximate surface area is 106 Å². The molecule has 1 N–H and O–H groups in total. The number of nitrogens with one attached hydrogen (secondary N) is 1. The lowest BCUT2D eigenvalue weighted by Crippen LogP contribution is -2.30. The molecule has 0 bridgehead atoms.